The molecular weight excluding hydrogens is 478 g/mol. The minimum absolute atomic E-state index is 0.0666. The van der Waals surface area contributed by atoms with Gasteiger partial charge in [-0.2, -0.15) is 0 Å². The highest BCUT2D eigenvalue weighted by molar-refractivity contribution is 5.86. The van der Waals surface area contributed by atoms with Crippen molar-refractivity contribution in [2.75, 3.05) is 0 Å². The maximum Gasteiger partial charge on any atom is 0.228 e. The number of aliphatic hydroxyl groups excluding tert-OH is 1. The first kappa shape index (κ1) is 38.2. The van der Waals surface area contributed by atoms with Crippen LogP contribution in [0.5, 0.6) is 0 Å². The van der Waals surface area contributed by atoms with Gasteiger partial charge in [-0.1, -0.05) is 167 Å². The largest absolute Gasteiger partial charge is 0.388 e. The van der Waals surface area contributed by atoms with Gasteiger partial charge >= 0.3 is 0 Å². The van der Waals surface area contributed by atoms with Gasteiger partial charge < -0.3 is 10.0 Å². The SMILES string of the molecule is CC.CC.CC.CC.CCC.O=C1[C@H](CC[C@H](O)c2ccccc2)[C@@H](c2ccccc2)N1Cc1ccccc1. The smallest absolute Gasteiger partial charge is 0.228 e. The van der Waals surface area contributed by atoms with E-state index in [1.807, 2.05) is 127 Å². The summed E-state index contributed by atoms with van der Waals surface area (Å²) in [5.41, 5.74) is 3.21. The number of hydrogen-bond acceptors (Lipinski definition) is 2. The van der Waals surface area contributed by atoms with Crippen LogP contribution in [0.3, 0.4) is 0 Å². The number of hydrogen-bond donors (Lipinski definition) is 1. The molecule has 1 aliphatic rings. The minimum atomic E-state index is -0.534. The predicted molar refractivity (Wildman–Crippen MR) is 172 cm³/mol. The molecule has 3 aromatic rings. The maximum absolute atomic E-state index is 12.9. The summed E-state index contributed by atoms with van der Waals surface area (Å²) >= 11 is 0. The van der Waals surface area contributed by atoms with Crippen LogP contribution in [0.4, 0.5) is 0 Å². The number of rotatable bonds is 7. The van der Waals surface area contributed by atoms with Crippen molar-refractivity contribution in [3.63, 3.8) is 0 Å². The third kappa shape index (κ3) is 13.1. The molecular formula is C36H57NO2. The van der Waals surface area contributed by atoms with Crippen LogP contribution in [0, 0.1) is 5.92 Å². The number of β-lactam (4-membered cyclic amide) rings is 1. The summed E-state index contributed by atoms with van der Waals surface area (Å²) < 4.78 is 0. The van der Waals surface area contributed by atoms with Crippen molar-refractivity contribution >= 4 is 5.91 Å². The van der Waals surface area contributed by atoms with Crippen molar-refractivity contribution in [2.24, 2.45) is 5.92 Å². The van der Waals surface area contributed by atoms with Gasteiger partial charge in [0, 0.05) is 6.54 Å². The lowest BCUT2D eigenvalue weighted by atomic mass is 9.78. The minimum Gasteiger partial charge on any atom is -0.388 e. The molecule has 0 bridgehead atoms. The lowest BCUT2D eigenvalue weighted by Gasteiger charge is -2.48. The quantitative estimate of drug-likeness (QED) is 0.306. The molecule has 39 heavy (non-hydrogen) atoms. The Hall–Kier alpha value is -2.91. The van der Waals surface area contributed by atoms with Gasteiger partial charge in [-0.05, 0) is 29.5 Å². The summed E-state index contributed by atoms with van der Waals surface area (Å²) in [4.78, 5) is 14.9. The molecule has 3 atom stereocenters. The zero-order chi connectivity index (χ0) is 30.1. The molecule has 0 saturated carbocycles. The van der Waals surface area contributed by atoms with Crippen molar-refractivity contribution in [1.29, 1.82) is 0 Å². The predicted octanol–water partition coefficient (Wildman–Crippen LogP) is 10.4. The molecule has 0 unspecified atom stereocenters. The Labute approximate surface area is 241 Å². The van der Waals surface area contributed by atoms with E-state index in [4.69, 9.17) is 0 Å². The molecule has 1 aliphatic heterocycles. The highest BCUT2D eigenvalue weighted by Gasteiger charge is 2.47. The van der Waals surface area contributed by atoms with Crippen LogP contribution >= 0.6 is 0 Å². The fourth-order valence-corrected chi connectivity index (χ4v) is 4.10. The second kappa shape index (κ2) is 25.4. The highest BCUT2D eigenvalue weighted by Crippen LogP contribution is 2.44. The highest BCUT2D eigenvalue weighted by atomic mass is 16.3. The number of benzene rings is 3. The number of amides is 1. The lowest BCUT2D eigenvalue weighted by Crippen LogP contribution is -2.54. The molecule has 0 aromatic heterocycles. The molecule has 1 fully saturated rings. The topological polar surface area (TPSA) is 40.5 Å². The fourth-order valence-electron chi connectivity index (χ4n) is 4.10. The molecule has 3 aromatic carbocycles. The normalized spacial score (nSPS) is 15.4. The monoisotopic (exact) mass is 535 g/mol. The van der Waals surface area contributed by atoms with E-state index in [9.17, 15) is 9.90 Å². The van der Waals surface area contributed by atoms with Crippen LogP contribution in [0.1, 0.15) is 117 Å². The Kier molecular flexibility index (Phi) is 24.9. The molecule has 1 N–H and O–H groups in total. The van der Waals surface area contributed by atoms with Gasteiger partial charge in [-0.25, -0.2) is 0 Å². The third-order valence-electron chi connectivity index (χ3n) is 5.59. The molecule has 1 amide bonds. The summed E-state index contributed by atoms with van der Waals surface area (Å²) in [5.74, 6) is 0.0995. The summed E-state index contributed by atoms with van der Waals surface area (Å²) in [7, 11) is 0. The first-order valence-corrected chi connectivity index (χ1v) is 15.3. The third-order valence-corrected chi connectivity index (χ3v) is 5.59. The molecule has 0 radical (unpaired) electrons. The van der Waals surface area contributed by atoms with Crippen LogP contribution in [0.15, 0.2) is 91.0 Å². The van der Waals surface area contributed by atoms with Gasteiger partial charge in [0.2, 0.25) is 5.91 Å². The van der Waals surface area contributed by atoms with Gasteiger partial charge in [0.15, 0.2) is 0 Å². The summed E-state index contributed by atoms with van der Waals surface area (Å²) in [6, 6.07) is 30.1. The number of carbonyl (C=O) groups is 1. The molecule has 218 valence electrons. The summed E-state index contributed by atoms with van der Waals surface area (Å²) in [5, 5.41) is 10.5. The van der Waals surface area contributed by atoms with E-state index in [2.05, 4.69) is 38.1 Å². The van der Waals surface area contributed by atoms with E-state index in [0.29, 0.717) is 19.4 Å². The zero-order valence-corrected chi connectivity index (χ0v) is 26.5. The van der Waals surface area contributed by atoms with Crippen molar-refractivity contribution in [1.82, 2.24) is 4.90 Å². The lowest BCUT2D eigenvalue weighted by molar-refractivity contribution is -0.159. The Morgan fingerprint density at radius 3 is 1.56 bits per heavy atom. The van der Waals surface area contributed by atoms with Crippen molar-refractivity contribution < 1.29 is 9.90 Å². The zero-order valence-electron chi connectivity index (χ0n) is 26.5. The average molecular weight is 536 g/mol. The number of likely N-dealkylation sites (tertiary alicyclic amines) is 1. The summed E-state index contributed by atoms with van der Waals surface area (Å²) in [6.45, 7) is 20.9. The van der Waals surface area contributed by atoms with Crippen molar-refractivity contribution in [3.8, 4) is 0 Å². The molecule has 1 saturated heterocycles. The van der Waals surface area contributed by atoms with E-state index < -0.39 is 6.10 Å². The Morgan fingerprint density at radius 1 is 0.692 bits per heavy atom. The number of aliphatic hydroxyl groups is 1. The molecule has 0 aliphatic carbocycles. The van der Waals surface area contributed by atoms with E-state index >= 15 is 0 Å². The van der Waals surface area contributed by atoms with E-state index in [0.717, 1.165) is 16.7 Å². The van der Waals surface area contributed by atoms with Crippen molar-refractivity contribution in [3.05, 3.63) is 108 Å². The fraction of sp³-hybridized carbons (Fsp3) is 0.472. The first-order chi connectivity index (χ1) is 19.2. The molecule has 4 rings (SSSR count). The van der Waals surface area contributed by atoms with Gasteiger partial charge in [0.25, 0.3) is 0 Å². The molecule has 0 spiro atoms. The van der Waals surface area contributed by atoms with Gasteiger partial charge in [0.1, 0.15) is 0 Å². The van der Waals surface area contributed by atoms with Crippen LogP contribution in [-0.4, -0.2) is 15.9 Å². The maximum atomic E-state index is 12.9. The van der Waals surface area contributed by atoms with Gasteiger partial charge in [-0.3, -0.25) is 4.79 Å². The first-order valence-electron chi connectivity index (χ1n) is 15.3. The summed E-state index contributed by atoms with van der Waals surface area (Å²) in [6.07, 6.45) is 1.98. The van der Waals surface area contributed by atoms with Crippen molar-refractivity contribution in [2.45, 2.75) is 107 Å². The molecule has 3 nitrogen and oxygen atoms in total. The Morgan fingerprint density at radius 2 is 1.10 bits per heavy atom. The number of carbonyl (C=O) groups excluding carboxylic acids is 1. The van der Waals surface area contributed by atoms with E-state index in [1.54, 1.807) is 0 Å². The molecule has 1 heterocycles. The van der Waals surface area contributed by atoms with Crippen LogP contribution < -0.4 is 0 Å². The standard InChI is InChI=1S/C25H25NO2.C3H8.4C2H6/c27-23(20-12-6-2-7-13-20)17-16-22-24(21-14-8-3-9-15-21)26(25(22)28)18-19-10-4-1-5-11-19;1-3-2;4*1-2/h1-15,22-24,27H,16-18H2;3H2,1-2H3;4*1-2H3/t22-,23+,24-;;;;;/m1...../s1. The molecule has 3 heteroatoms. The second-order valence-corrected chi connectivity index (χ2v) is 8.12. The van der Waals surface area contributed by atoms with Gasteiger partial charge in [-0.15, -0.1) is 0 Å². The van der Waals surface area contributed by atoms with Crippen LogP contribution in [0.2, 0.25) is 0 Å². The van der Waals surface area contributed by atoms with Crippen LogP contribution in [-0.2, 0) is 11.3 Å². The average Bonchev–Trinajstić information content (AvgIpc) is 3.03. The Bertz CT molecular complexity index is 913. The Balaban J connectivity index is 0. The van der Waals surface area contributed by atoms with E-state index in [1.165, 1.54) is 6.42 Å². The van der Waals surface area contributed by atoms with Crippen LogP contribution in [0.25, 0.3) is 0 Å². The second-order valence-electron chi connectivity index (χ2n) is 8.12. The van der Waals surface area contributed by atoms with Gasteiger partial charge in [0.05, 0.1) is 18.1 Å². The number of nitrogens with zero attached hydrogens (tertiary/aromatic N) is 1. The van der Waals surface area contributed by atoms with E-state index in [-0.39, 0.29) is 17.9 Å².